The Morgan fingerprint density at radius 2 is 1.88 bits per heavy atom. The maximum Gasteiger partial charge on any atom is 0.238 e. The molecule has 1 atom stereocenters. The second kappa shape index (κ2) is 7.09. The average Bonchev–Trinajstić information content (AvgIpc) is 2.57. The average molecular weight is 340 g/mol. The molecule has 2 aromatic rings. The Hall–Kier alpha value is -2.27. The predicted octanol–water partition coefficient (Wildman–Crippen LogP) is 3.46. The van der Waals surface area contributed by atoms with E-state index >= 15 is 0 Å². The van der Waals surface area contributed by atoms with Crippen LogP contribution in [0, 0.1) is 6.92 Å². The van der Waals surface area contributed by atoms with Gasteiger partial charge in [0, 0.05) is 24.9 Å². The van der Waals surface area contributed by atoms with Gasteiger partial charge in [0.15, 0.2) is 0 Å². The Kier molecular flexibility index (Phi) is 4.90. The number of hydrogen-bond donors (Lipinski definition) is 1. The summed E-state index contributed by atoms with van der Waals surface area (Å²) in [5.74, 6) is -0.126. The number of nitrogens with zero attached hydrogens (tertiary/aromatic N) is 1. The van der Waals surface area contributed by atoms with E-state index in [4.69, 9.17) is 0 Å². The Balaban J connectivity index is 1.62. The van der Waals surface area contributed by atoms with Gasteiger partial charge in [-0.1, -0.05) is 42.0 Å². The van der Waals surface area contributed by atoms with Crippen LogP contribution in [0.3, 0.4) is 0 Å². The van der Waals surface area contributed by atoms with Crippen molar-refractivity contribution in [2.75, 3.05) is 12.4 Å². The van der Waals surface area contributed by atoms with Crippen LogP contribution in [-0.4, -0.2) is 29.0 Å². The number of benzene rings is 2. The van der Waals surface area contributed by atoms with Crippen LogP contribution in [0.25, 0.3) is 0 Å². The Morgan fingerprint density at radius 3 is 2.62 bits per heavy atom. The van der Waals surface area contributed by atoms with Gasteiger partial charge in [-0.25, -0.2) is 0 Å². The van der Waals surface area contributed by atoms with Crippen LogP contribution in [-0.2, 0) is 16.1 Å². The van der Waals surface area contributed by atoms with Crippen LogP contribution < -0.4 is 5.32 Å². The lowest BCUT2D eigenvalue weighted by Crippen LogP contribution is -2.35. The van der Waals surface area contributed by atoms with E-state index in [0.29, 0.717) is 6.54 Å². The summed E-state index contributed by atoms with van der Waals surface area (Å²) < 4.78 is 0. The minimum Gasteiger partial charge on any atom is -0.341 e. The lowest BCUT2D eigenvalue weighted by Gasteiger charge is -2.25. The van der Waals surface area contributed by atoms with Crippen molar-refractivity contribution in [1.29, 1.82) is 0 Å². The molecule has 2 aromatic carbocycles. The third-order valence-corrected chi connectivity index (χ3v) is 5.31. The first kappa shape index (κ1) is 16.6. The molecule has 5 heteroatoms. The summed E-state index contributed by atoms with van der Waals surface area (Å²) in [6.07, 6.45) is 0.202. The number of thioether (sulfide) groups is 1. The van der Waals surface area contributed by atoms with Crippen molar-refractivity contribution in [3.05, 3.63) is 59.7 Å². The van der Waals surface area contributed by atoms with Gasteiger partial charge in [0.2, 0.25) is 11.8 Å². The lowest BCUT2D eigenvalue weighted by atomic mass is 10.1. The highest BCUT2D eigenvalue weighted by Gasteiger charge is 2.29. The summed E-state index contributed by atoms with van der Waals surface area (Å²) in [5, 5.41) is 2.50. The van der Waals surface area contributed by atoms with E-state index in [9.17, 15) is 9.59 Å². The molecule has 1 unspecified atom stereocenters. The van der Waals surface area contributed by atoms with Gasteiger partial charge < -0.3 is 10.2 Å². The van der Waals surface area contributed by atoms with Gasteiger partial charge >= 0.3 is 0 Å². The minimum absolute atomic E-state index is 0.0254. The molecule has 1 aliphatic heterocycles. The fourth-order valence-electron chi connectivity index (χ4n) is 2.60. The zero-order chi connectivity index (χ0) is 17.1. The number of rotatable bonds is 4. The van der Waals surface area contributed by atoms with E-state index in [0.717, 1.165) is 16.1 Å². The van der Waals surface area contributed by atoms with Gasteiger partial charge in [0.1, 0.15) is 0 Å². The van der Waals surface area contributed by atoms with Crippen LogP contribution in [0.2, 0.25) is 0 Å². The van der Waals surface area contributed by atoms with Crippen LogP contribution in [0.1, 0.15) is 17.5 Å². The first-order valence-corrected chi connectivity index (χ1v) is 8.77. The van der Waals surface area contributed by atoms with Crippen molar-refractivity contribution in [2.24, 2.45) is 0 Å². The molecule has 0 aromatic heterocycles. The van der Waals surface area contributed by atoms with Crippen molar-refractivity contribution in [3.8, 4) is 0 Å². The number of carbonyl (C=O) groups excluding carboxylic acids is 2. The largest absolute Gasteiger partial charge is 0.341 e. The summed E-state index contributed by atoms with van der Waals surface area (Å²) in [7, 11) is 1.78. The Bertz CT molecular complexity index is 758. The van der Waals surface area contributed by atoms with Gasteiger partial charge in [-0.05, 0) is 24.6 Å². The van der Waals surface area contributed by atoms with Crippen molar-refractivity contribution < 1.29 is 9.59 Å². The zero-order valence-corrected chi connectivity index (χ0v) is 14.6. The van der Waals surface area contributed by atoms with E-state index in [-0.39, 0.29) is 23.5 Å². The molecule has 4 nitrogen and oxygen atoms in total. The summed E-state index contributed by atoms with van der Waals surface area (Å²) in [4.78, 5) is 27.4. The molecule has 1 aliphatic rings. The number of aryl methyl sites for hydroxylation is 1. The Morgan fingerprint density at radius 1 is 1.17 bits per heavy atom. The van der Waals surface area contributed by atoms with Gasteiger partial charge in [-0.3, -0.25) is 9.59 Å². The molecule has 0 saturated heterocycles. The summed E-state index contributed by atoms with van der Waals surface area (Å²) >= 11 is 1.46. The van der Waals surface area contributed by atoms with Gasteiger partial charge in [0.25, 0.3) is 0 Å². The molecule has 0 spiro atoms. The molecular weight excluding hydrogens is 320 g/mol. The first-order chi connectivity index (χ1) is 11.5. The maximum absolute atomic E-state index is 12.5. The van der Waals surface area contributed by atoms with E-state index in [2.05, 4.69) is 5.32 Å². The molecule has 2 amide bonds. The number of hydrogen-bond acceptors (Lipinski definition) is 3. The summed E-state index contributed by atoms with van der Waals surface area (Å²) in [6, 6.07) is 15.8. The molecule has 0 fully saturated rings. The molecule has 0 saturated carbocycles. The van der Waals surface area contributed by atoms with Crippen molar-refractivity contribution >= 4 is 29.3 Å². The first-order valence-electron chi connectivity index (χ1n) is 7.89. The van der Waals surface area contributed by atoms with E-state index in [1.807, 2.05) is 55.5 Å². The molecule has 124 valence electrons. The van der Waals surface area contributed by atoms with Crippen molar-refractivity contribution in [3.63, 3.8) is 0 Å². The second-order valence-electron chi connectivity index (χ2n) is 6.03. The predicted molar refractivity (Wildman–Crippen MR) is 97.0 cm³/mol. The fraction of sp³-hybridized carbons (Fsp3) is 0.263. The number of fused-ring (bicyclic) bond motifs is 1. The highest BCUT2D eigenvalue weighted by Crippen LogP contribution is 2.36. The molecular formula is C19H20N2O2S. The molecule has 24 heavy (non-hydrogen) atoms. The van der Waals surface area contributed by atoms with Crippen LogP contribution >= 0.6 is 11.8 Å². The van der Waals surface area contributed by atoms with Crippen LogP contribution in [0.5, 0.6) is 0 Å². The van der Waals surface area contributed by atoms with Crippen molar-refractivity contribution in [2.45, 2.75) is 30.0 Å². The zero-order valence-electron chi connectivity index (χ0n) is 13.8. The summed E-state index contributed by atoms with van der Waals surface area (Å²) in [5.41, 5.74) is 3.11. The molecule has 0 radical (unpaired) electrons. The third-order valence-electron chi connectivity index (χ3n) is 4.03. The van der Waals surface area contributed by atoms with E-state index in [1.54, 1.807) is 11.9 Å². The maximum atomic E-state index is 12.5. The quantitative estimate of drug-likeness (QED) is 0.927. The van der Waals surface area contributed by atoms with Crippen LogP contribution in [0.15, 0.2) is 53.4 Å². The monoisotopic (exact) mass is 340 g/mol. The topological polar surface area (TPSA) is 49.4 Å². The number of amides is 2. The van der Waals surface area contributed by atoms with Gasteiger partial charge in [-0.15, -0.1) is 11.8 Å². The normalized spacial score (nSPS) is 16.2. The molecule has 3 rings (SSSR count). The fourth-order valence-corrected chi connectivity index (χ4v) is 3.70. The molecule has 0 aliphatic carbocycles. The standard InChI is InChI=1S/C19H20N2O2S/c1-13-7-9-14(10-8-13)12-21(2)18(22)11-17-19(23)20-15-5-3-4-6-16(15)24-17/h3-10,17H,11-12H2,1-2H3,(H,20,23). The van der Waals surface area contributed by atoms with Crippen LogP contribution in [0.4, 0.5) is 5.69 Å². The molecule has 0 bridgehead atoms. The highest BCUT2D eigenvalue weighted by molar-refractivity contribution is 8.01. The number of carbonyl (C=O) groups is 2. The van der Waals surface area contributed by atoms with E-state index in [1.165, 1.54) is 17.3 Å². The van der Waals surface area contributed by atoms with Gasteiger partial charge in [-0.2, -0.15) is 0 Å². The number of para-hydroxylation sites is 1. The molecule has 1 N–H and O–H groups in total. The third kappa shape index (κ3) is 3.79. The van der Waals surface area contributed by atoms with E-state index < -0.39 is 0 Å². The SMILES string of the molecule is Cc1ccc(CN(C)C(=O)CC2Sc3ccccc3NC2=O)cc1. The number of nitrogens with one attached hydrogen (secondary N) is 1. The summed E-state index contributed by atoms with van der Waals surface area (Å²) in [6.45, 7) is 2.59. The molecule has 1 heterocycles. The van der Waals surface area contributed by atoms with Crippen molar-refractivity contribution in [1.82, 2.24) is 4.90 Å². The lowest BCUT2D eigenvalue weighted by molar-refractivity contribution is -0.131. The number of anilines is 1. The highest BCUT2D eigenvalue weighted by atomic mass is 32.2. The smallest absolute Gasteiger partial charge is 0.238 e. The minimum atomic E-state index is -0.382. The Labute approximate surface area is 146 Å². The van der Waals surface area contributed by atoms with Gasteiger partial charge in [0.05, 0.1) is 10.9 Å². The second-order valence-corrected chi connectivity index (χ2v) is 7.28.